The van der Waals surface area contributed by atoms with Crippen LogP contribution in [0.5, 0.6) is 0 Å². The molecule has 3 nitrogen and oxygen atoms in total. The average molecular weight is 266 g/mol. The minimum absolute atomic E-state index is 0.341. The summed E-state index contributed by atoms with van der Waals surface area (Å²) in [7, 11) is 0. The second-order valence-corrected chi connectivity index (χ2v) is 4.51. The van der Waals surface area contributed by atoms with E-state index in [0.717, 1.165) is 15.7 Å². The van der Waals surface area contributed by atoms with Gasteiger partial charge in [-0.15, -0.1) is 5.10 Å². The zero-order chi connectivity index (χ0) is 10.8. The van der Waals surface area contributed by atoms with E-state index >= 15 is 0 Å². The van der Waals surface area contributed by atoms with Gasteiger partial charge in [0.05, 0.1) is 6.20 Å². The minimum atomic E-state index is 0.341. The maximum absolute atomic E-state index is 4.15. The van der Waals surface area contributed by atoms with E-state index in [-0.39, 0.29) is 0 Å². The molecule has 1 aromatic carbocycles. The Bertz CT molecular complexity index is 462. The van der Waals surface area contributed by atoms with Crippen molar-refractivity contribution >= 4 is 15.9 Å². The van der Waals surface area contributed by atoms with Crippen LogP contribution in [-0.2, 0) is 0 Å². The second-order valence-electron chi connectivity index (χ2n) is 3.66. The molecule has 0 aliphatic rings. The predicted molar refractivity (Wildman–Crippen MR) is 63.5 cm³/mol. The lowest BCUT2D eigenvalue weighted by atomic mass is 10.2. The Balaban J connectivity index is 2.42. The fourth-order valence-corrected chi connectivity index (χ4v) is 1.81. The molecule has 0 atom stereocenters. The zero-order valence-electron chi connectivity index (χ0n) is 8.68. The molecule has 0 saturated carbocycles. The lowest BCUT2D eigenvalue weighted by Crippen LogP contribution is -2.00. The highest BCUT2D eigenvalue weighted by Gasteiger charge is 2.07. The Labute approximate surface area is 97.2 Å². The van der Waals surface area contributed by atoms with Gasteiger partial charge in [0.15, 0.2) is 0 Å². The molecule has 0 unspecified atom stereocenters. The van der Waals surface area contributed by atoms with Crippen LogP contribution in [0.3, 0.4) is 0 Å². The first-order chi connectivity index (χ1) is 7.18. The summed E-state index contributed by atoms with van der Waals surface area (Å²) in [5.74, 6) is 0. The third-order valence-electron chi connectivity index (χ3n) is 2.19. The standard InChI is InChI=1S/C11H12BrN3/c1-8(2)15-7-11(13-14-15)9-5-3-4-6-10(9)12/h3-8H,1-2H3. The van der Waals surface area contributed by atoms with Gasteiger partial charge in [-0.25, -0.2) is 4.68 Å². The third-order valence-corrected chi connectivity index (χ3v) is 2.88. The predicted octanol–water partition coefficient (Wildman–Crippen LogP) is 3.29. The summed E-state index contributed by atoms with van der Waals surface area (Å²) in [5.41, 5.74) is 1.97. The lowest BCUT2D eigenvalue weighted by molar-refractivity contribution is 0.514. The van der Waals surface area contributed by atoms with Gasteiger partial charge in [0.2, 0.25) is 0 Å². The summed E-state index contributed by atoms with van der Waals surface area (Å²) in [6.07, 6.45) is 1.96. The maximum atomic E-state index is 4.15. The second kappa shape index (κ2) is 4.14. The molecule has 15 heavy (non-hydrogen) atoms. The van der Waals surface area contributed by atoms with Crippen molar-refractivity contribution in [3.63, 3.8) is 0 Å². The topological polar surface area (TPSA) is 30.7 Å². The molecular formula is C11H12BrN3. The first kappa shape index (κ1) is 10.4. The highest BCUT2D eigenvalue weighted by Crippen LogP contribution is 2.26. The van der Waals surface area contributed by atoms with E-state index in [9.17, 15) is 0 Å². The Morgan fingerprint density at radius 2 is 2.00 bits per heavy atom. The van der Waals surface area contributed by atoms with Crippen molar-refractivity contribution in [2.75, 3.05) is 0 Å². The number of nitrogens with zero attached hydrogens (tertiary/aromatic N) is 3. The molecule has 0 bridgehead atoms. The molecule has 0 N–H and O–H groups in total. The van der Waals surface area contributed by atoms with E-state index in [2.05, 4.69) is 40.1 Å². The summed E-state index contributed by atoms with van der Waals surface area (Å²) in [4.78, 5) is 0. The summed E-state index contributed by atoms with van der Waals surface area (Å²) >= 11 is 3.50. The third kappa shape index (κ3) is 2.09. The molecule has 2 aromatic rings. The van der Waals surface area contributed by atoms with Crippen molar-refractivity contribution < 1.29 is 0 Å². The summed E-state index contributed by atoms with van der Waals surface area (Å²) in [6.45, 7) is 4.16. The molecule has 2 rings (SSSR count). The van der Waals surface area contributed by atoms with Crippen molar-refractivity contribution in [1.82, 2.24) is 15.0 Å². The normalized spacial score (nSPS) is 10.9. The van der Waals surface area contributed by atoms with Gasteiger partial charge in [-0.2, -0.15) is 0 Å². The van der Waals surface area contributed by atoms with Gasteiger partial charge in [-0.3, -0.25) is 0 Å². The van der Waals surface area contributed by atoms with Crippen molar-refractivity contribution in [2.24, 2.45) is 0 Å². The molecule has 0 amide bonds. The fraction of sp³-hybridized carbons (Fsp3) is 0.273. The van der Waals surface area contributed by atoms with Gasteiger partial charge < -0.3 is 0 Å². The van der Waals surface area contributed by atoms with Gasteiger partial charge in [0.1, 0.15) is 5.69 Å². The monoisotopic (exact) mass is 265 g/mol. The van der Waals surface area contributed by atoms with Crippen LogP contribution < -0.4 is 0 Å². The van der Waals surface area contributed by atoms with Gasteiger partial charge >= 0.3 is 0 Å². The Kier molecular flexibility index (Phi) is 2.86. The number of halogens is 1. The zero-order valence-corrected chi connectivity index (χ0v) is 10.3. The molecular weight excluding hydrogens is 254 g/mol. The maximum Gasteiger partial charge on any atom is 0.114 e. The van der Waals surface area contributed by atoms with Crippen molar-refractivity contribution in [1.29, 1.82) is 0 Å². The molecule has 78 valence electrons. The van der Waals surface area contributed by atoms with Gasteiger partial charge in [-0.1, -0.05) is 39.3 Å². The van der Waals surface area contributed by atoms with Crippen LogP contribution >= 0.6 is 15.9 Å². The summed E-state index contributed by atoms with van der Waals surface area (Å²) in [6, 6.07) is 8.35. The highest BCUT2D eigenvalue weighted by molar-refractivity contribution is 9.10. The molecule has 4 heteroatoms. The van der Waals surface area contributed by atoms with Gasteiger partial charge in [-0.05, 0) is 19.9 Å². The summed E-state index contributed by atoms with van der Waals surface area (Å²) in [5, 5.41) is 8.23. The van der Waals surface area contributed by atoms with Crippen LogP contribution in [0.2, 0.25) is 0 Å². The Morgan fingerprint density at radius 3 is 2.60 bits per heavy atom. The largest absolute Gasteiger partial charge is 0.249 e. The smallest absolute Gasteiger partial charge is 0.114 e. The fourth-order valence-electron chi connectivity index (χ4n) is 1.32. The SMILES string of the molecule is CC(C)n1cc(-c2ccccc2Br)nn1. The average Bonchev–Trinajstić information content (AvgIpc) is 2.67. The molecule has 0 aliphatic heterocycles. The van der Waals surface area contributed by atoms with E-state index in [1.165, 1.54) is 0 Å². The van der Waals surface area contributed by atoms with Crippen LogP contribution in [0, 0.1) is 0 Å². The number of rotatable bonds is 2. The molecule has 0 fully saturated rings. The first-order valence-corrected chi connectivity index (χ1v) is 5.64. The van der Waals surface area contributed by atoms with E-state index in [4.69, 9.17) is 0 Å². The number of hydrogen-bond acceptors (Lipinski definition) is 2. The number of benzene rings is 1. The van der Waals surface area contributed by atoms with E-state index < -0.39 is 0 Å². The number of aromatic nitrogens is 3. The number of hydrogen-bond donors (Lipinski definition) is 0. The van der Waals surface area contributed by atoms with E-state index in [1.54, 1.807) is 0 Å². The molecule has 1 aromatic heterocycles. The molecule has 0 saturated heterocycles. The summed E-state index contributed by atoms with van der Waals surface area (Å²) < 4.78 is 2.90. The molecule has 0 aliphatic carbocycles. The van der Waals surface area contributed by atoms with Crippen molar-refractivity contribution in [3.8, 4) is 11.3 Å². The highest BCUT2D eigenvalue weighted by atomic mass is 79.9. The van der Waals surface area contributed by atoms with Crippen molar-refractivity contribution in [3.05, 3.63) is 34.9 Å². The van der Waals surface area contributed by atoms with Crippen molar-refractivity contribution in [2.45, 2.75) is 19.9 Å². The van der Waals surface area contributed by atoms with Crippen LogP contribution in [0.4, 0.5) is 0 Å². The molecule has 1 heterocycles. The van der Waals surface area contributed by atoms with E-state index in [1.807, 2.05) is 35.1 Å². The van der Waals surface area contributed by atoms with Crippen LogP contribution in [0.25, 0.3) is 11.3 Å². The van der Waals surface area contributed by atoms with Crippen LogP contribution in [0.15, 0.2) is 34.9 Å². The minimum Gasteiger partial charge on any atom is -0.249 e. The molecule has 0 spiro atoms. The lowest BCUT2D eigenvalue weighted by Gasteiger charge is -2.01. The van der Waals surface area contributed by atoms with E-state index in [0.29, 0.717) is 6.04 Å². The van der Waals surface area contributed by atoms with Gasteiger partial charge in [0.25, 0.3) is 0 Å². The quantitative estimate of drug-likeness (QED) is 0.835. The van der Waals surface area contributed by atoms with Crippen LogP contribution in [-0.4, -0.2) is 15.0 Å². The van der Waals surface area contributed by atoms with Crippen LogP contribution in [0.1, 0.15) is 19.9 Å². The molecule has 0 radical (unpaired) electrons. The first-order valence-electron chi connectivity index (χ1n) is 4.85. The Hall–Kier alpha value is -1.16. The Morgan fingerprint density at radius 1 is 1.27 bits per heavy atom. The van der Waals surface area contributed by atoms with Gasteiger partial charge in [0, 0.05) is 16.1 Å².